The molecule has 0 aromatic heterocycles. The molecule has 4 nitrogen and oxygen atoms in total. The second-order valence-corrected chi connectivity index (χ2v) is 5.74. The lowest BCUT2D eigenvalue weighted by molar-refractivity contribution is 0.0157. The Hall–Kier alpha value is -1.26. The molecule has 0 heterocycles. The van der Waals surface area contributed by atoms with Crippen molar-refractivity contribution in [3.05, 3.63) is 28.8 Å². The first-order valence-electron chi connectivity index (χ1n) is 6.44. The first-order valence-corrected chi connectivity index (χ1v) is 6.82. The minimum Gasteiger partial charge on any atom is -0.399 e. The molecule has 2 rings (SSSR count). The van der Waals surface area contributed by atoms with Crippen LogP contribution in [0.1, 0.15) is 36.0 Å². The van der Waals surface area contributed by atoms with Crippen LogP contribution in [0.15, 0.2) is 18.2 Å². The molecule has 1 aromatic rings. The van der Waals surface area contributed by atoms with Crippen molar-refractivity contribution in [3.63, 3.8) is 0 Å². The van der Waals surface area contributed by atoms with Gasteiger partial charge in [0.2, 0.25) is 0 Å². The van der Waals surface area contributed by atoms with E-state index in [1.54, 1.807) is 25.2 Å². The zero-order chi connectivity index (χ0) is 14.0. The summed E-state index contributed by atoms with van der Waals surface area (Å²) >= 11 is 6.03. The van der Waals surface area contributed by atoms with Crippen molar-refractivity contribution in [1.82, 2.24) is 4.90 Å². The molecule has 104 valence electrons. The molecule has 1 amide bonds. The topological polar surface area (TPSA) is 66.6 Å². The fourth-order valence-corrected chi connectivity index (χ4v) is 2.88. The van der Waals surface area contributed by atoms with Crippen LogP contribution in [-0.4, -0.2) is 35.1 Å². The van der Waals surface area contributed by atoms with Gasteiger partial charge in [-0.25, -0.2) is 0 Å². The summed E-state index contributed by atoms with van der Waals surface area (Å²) in [6.07, 6.45) is 3.53. The summed E-state index contributed by atoms with van der Waals surface area (Å²) in [6.45, 7) is 0.340. The number of nitrogens with zero attached hydrogens (tertiary/aromatic N) is 1. The molecular formula is C14H19ClN2O2. The number of anilines is 1. The first kappa shape index (κ1) is 14.2. The highest BCUT2D eigenvalue weighted by Gasteiger charge is 2.33. The van der Waals surface area contributed by atoms with Crippen molar-refractivity contribution in [2.75, 3.05) is 19.3 Å². The van der Waals surface area contributed by atoms with E-state index in [1.807, 2.05) is 0 Å². The van der Waals surface area contributed by atoms with E-state index in [1.165, 1.54) is 4.90 Å². The van der Waals surface area contributed by atoms with E-state index in [0.717, 1.165) is 25.7 Å². The molecule has 19 heavy (non-hydrogen) atoms. The molecule has 1 aliphatic carbocycles. The number of carbonyl (C=O) groups is 1. The Morgan fingerprint density at radius 2 is 2.11 bits per heavy atom. The molecule has 3 N–H and O–H groups in total. The van der Waals surface area contributed by atoms with E-state index in [0.29, 0.717) is 22.8 Å². The van der Waals surface area contributed by atoms with Gasteiger partial charge in [0.15, 0.2) is 0 Å². The summed E-state index contributed by atoms with van der Waals surface area (Å²) in [4.78, 5) is 13.8. The Morgan fingerprint density at radius 1 is 1.47 bits per heavy atom. The average molecular weight is 283 g/mol. The average Bonchev–Trinajstić information content (AvgIpc) is 2.75. The van der Waals surface area contributed by atoms with E-state index in [-0.39, 0.29) is 5.91 Å². The number of benzene rings is 1. The number of carbonyl (C=O) groups excluding carboxylic acids is 1. The molecule has 0 radical (unpaired) electrons. The quantitative estimate of drug-likeness (QED) is 0.836. The van der Waals surface area contributed by atoms with E-state index < -0.39 is 5.60 Å². The second kappa shape index (κ2) is 5.39. The third kappa shape index (κ3) is 3.19. The standard InChI is InChI=1S/C14H19ClN2O2/c1-17(9-14(19)6-2-3-7-14)13(18)11-5-4-10(16)8-12(11)15/h4-5,8,19H,2-3,6-7,9,16H2,1H3. The number of hydrogen-bond donors (Lipinski definition) is 2. The van der Waals surface area contributed by atoms with Gasteiger partial charge in [-0.05, 0) is 31.0 Å². The highest BCUT2D eigenvalue weighted by atomic mass is 35.5. The van der Waals surface area contributed by atoms with Crippen LogP contribution >= 0.6 is 11.6 Å². The van der Waals surface area contributed by atoms with Gasteiger partial charge in [0.05, 0.1) is 16.2 Å². The van der Waals surface area contributed by atoms with Gasteiger partial charge in [0.25, 0.3) is 5.91 Å². The van der Waals surface area contributed by atoms with Gasteiger partial charge in [-0.1, -0.05) is 24.4 Å². The summed E-state index contributed by atoms with van der Waals surface area (Å²) in [7, 11) is 1.69. The van der Waals surface area contributed by atoms with E-state index >= 15 is 0 Å². The largest absolute Gasteiger partial charge is 0.399 e. The fourth-order valence-electron chi connectivity index (χ4n) is 2.61. The molecule has 0 bridgehead atoms. The Kier molecular flexibility index (Phi) is 4.02. The van der Waals surface area contributed by atoms with Gasteiger partial charge < -0.3 is 15.7 Å². The maximum absolute atomic E-state index is 12.3. The van der Waals surface area contributed by atoms with Crippen molar-refractivity contribution in [2.24, 2.45) is 0 Å². The smallest absolute Gasteiger partial charge is 0.255 e. The van der Waals surface area contributed by atoms with Crippen LogP contribution in [0.5, 0.6) is 0 Å². The fraction of sp³-hybridized carbons (Fsp3) is 0.500. The third-order valence-electron chi connectivity index (χ3n) is 3.64. The van der Waals surface area contributed by atoms with Gasteiger partial charge in [-0.15, -0.1) is 0 Å². The first-order chi connectivity index (χ1) is 8.91. The second-order valence-electron chi connectivity index (χ2n) is 5.33. The maximum atomic E-state index is 12.3. The number of nitrogen functional groups attached to an aromatic ring is 1. The molecule has 0 spiro atoms. The van der Waals surface area contributed by atoms with Gasteiger partial charge >= 0.3 is 0 Å². The summed E-state index contributed by atoms with van der Waals surface area (Å²) in [6, 6.07) is 4.83. The molecule has 1 saturated carbocycles. The predicted molar refractivity (Wildman–Crippen MR) is 76.2 cm³/mol. The van der Waals surface area contributed by atoms with Crippen molar-refractivity contribution in [2.45, 2.75) is 31.3 Å². The molecular weight excluding hydrogens is 264 g/mol. The number of amides is 1. The SMILES string of the molecule is CN(CC1(O)CCCC1)C(=O)c1ccc(N)cc1Cl. The lowest BCUT2D eigenvalue weighted by Crippen LogP contribution is -2.42. The molecule has 1 aliphatic rings. The Labute approximate surface area is 118 Å². The van der Waals surface area contributed by atoms with Gasteiger partial charge in [-0.3, -0.25) is 4.79 Å². The highest BCUT2D eigenvalue weighted by molar-refractivity contribution is 6.34. The van der Waals surface area contributed by atoms with Crippen molar-refractivity contribution < 1.29 is 9.90 Å². The van der Waals surface area contributed by atoms with Crippen molar-refractivity contribution in [1.29, 1.82) is 0 Å². The van der Waals surface area contributed by atoms with E-state index in [4.69, 9.17) is 17.3 Å². The van der Waals surface area contributed by atoms with Gasteiger partial charge in [-0.2, -0.15) is 0 Å². The van der Waals surface area contributed by atoms with Gasteiger partial charge in [0.1, 0.15) is 0 Å². The molecule has 0 atom stereocenters. The molecule has 1 aromatic carbocycles. The summed E-state index contributed by atoms with van der Waals surface area (Å²) in [5.74, 6) is -0.190. The predicted octanol–water partition coefficient (Wildman–Crippen LogP) is 2.30. The number of likely N-dealkylation sites (N-methyl/N-ethyl adjacent to an activating group) is 1. The lowest BCUT2D eigenvalue weighted by Gasteiger charge is -2.28. The Balaban J connectivity index is 2.10. The maximum Gasteiger partial charge on any atom is 0.255 e. The highest BCUT2D eigenvalue weighted by Crippen LogP contribution is 2.30. The third-order valence-corrected chi connectivity index (χ3v) is 3.95. The Bertz CT molecular complexity index is 484. The minimum atomic E-state index is -0.745. The molecule has 5 heteroatoms. The molecule has 0 saturated heterocycles. The number of aliphatic hydroxyl groups is 1. The van der Waals surface area contributed by atoms with Crippen LogP contribution in [0, 0.1) is 0 Å². The summed E-state index contributed by atoms with van der Waals surface area (Å²) in [5.41, 5.74) is 5.81. The minimum absolute atomic E-state index is 0.190. The number of hydrogen-bond acceptors (Lipinski definition) is 3. The molecule has 0 unspecified atom stereocenters. The number of nitrogens with two attached hydrogens (primary N) is 1. The zero-order valence-corrected chi connectivity index (χ0v) is 11.8. The van der Waals surface area contributed by atoms with Crippen LogP contribution in [0.4, 0.5) is 5.69 Å². The van der Waals surface area contributed by atoms with Crippen molar-refractivity contribution in [3.8, 4) is 0 Å². The van der Waals surface area contributed by atoms with E-state index in [2.05, 4.69) is 0 Å². The molecule has 0 aliphatic heterocycles. The normalized spacial score (nSPS) is 17.4. The van der Waals surface area contributed by atoms with Crippen LogP contribution in [-0.2, 0) is 0 Å². The van der Waals surface area contributed by atoms with Crippen molar-refractivity contribution >= 4 is 23.2 Å². The lowest BCUT2D eigenvalue weighted by atomic mass is 10.0. The zero-order valence-electron chi connectivity index (χ0n) is 11.0. The number of rotatable bonds is 3. The molecule has 1 fully saturated rings. The monoisotopic (exact) mass is 282 g/mol. The van der Waals surface area contributed by atoms with Crippen LogP contribution in [0.25, 0.3) is 0 Å². The van der Waals surface area contributed by atoms with Crippen LogP contribution in [0.2, 0.25) is 5.02 Å². The van der Waals surface area contributed by atoms with E-state index in [9.17, 15) is 9.90 Å². The van der Waals surface area contributed by atoms with Crippen LogP contribution in [0.3, 0.4) is 0 Å². The summed E-state index contributed by atoms with van der Waals surface area (Å²) in [5, 5.41) is 10.7. The number of halogens is 1. The van der Waals surface area contributed by atoms with Gasteiger partial charge in [0, 0.05) is 19.3 Å². The summed E-state index contributed by atoms with van der Waals surface area (Å²) < 4.78 is 0. The Morgan fingerprint density at radius 3 is 2.68 bits per heavy atom. The van der Waals surface area contributed by atoms with Crippen LogP contribution < -0.4 is 5.73 Å².